The van der Waals surface area contributed by atoms with Gasteiger partial charge in [-0.15, -0.1) is 0 Å². The molecule has 0 aromatic rings. The Balaban J connectivity index is 1.63. The average molecular weight is 236 g/mol. The standard InChI is InChI=1S/C14H24N2O/c1-12(16-8-4-5-9-16)11-15-14(17)10-13-6-2-3-7-13/h2,6,12-13H,3-5,7-11H2,1H3,(H,15,17)/t12-,13+/m0/s1. The lowest BCUT2D eigenvalue weighted by molar-refractivity contribution is -0.121. The number of amides is 1. The molecule has 1 aliphatic heterocycles. The summed E-state index contributed by atoms with van der Waals surface area (Å²) in [6.07, 6.45) is 9.95. The monoisotopic (exact) mass is 236 g/mol. The van der Waals surface area contributed by atoms with Crippen molar-refractivity contribution in [3.05, 3.63) is 12.2 Å². The molecule has 0 aromatic heterocycles. The van der Waals surface area contributed by atoms with E-state index >= 15 is 0 Å². The smallest absolute Gasteiger partial charge is 0.220 e. The Morgan fingerprint density at radius 3 is 2.88 bits per heavy atom. The van der Waals surface area contributed by atoms with Crippen molar-refractivity contribution in [3.8, 4) is 0 Å². The van der Waals surface area contributed by atoms with Crippen LogP contribution in [0.3, 0.4) is 0 Å². The molecular weight excluding hydrogens is 212 g/mol. The van der Waals surface area contributed by atoms with Crippen molar-refractivity contribution >= 4 is 5.91 Å². The molecule has 0 spiro atoms. The molecule has 0 saturated carbocycles. The largest absolute Gasteiger partial charge is 0.355 e. The SMILES string of the molecule is C[C@@H](CNC(=O)C[C@@H]1C=CCC1)N1CCCC1. The first kappa shape index (κ1) is 12.6. The zero-order valence-electron chi connectivity index (χ0n) is 10.8. The summed E-state index contributed by atoms with van der Waals surface area (Å²) in [4.78, 5) is 14.2. The zero-order valence-corrected chi connectivity index (χ0v) is 10.8. The van der Waals surface area contributed by atoms with Gasteiger partial charge in [0.25, 0.3) is 0 Å². The predicted octanol–water partition coefficient (Wildman–Crippen LogP) is 1.94. The second-order valence-corrected chi connectivity index (χ2v) is 5.37. The van der Waals surface area contributed by atoms with Crippen LogP contribution in [0.2, 0.25) is 0 Å². The Kier molecular flexibility index (Phi) is 4.60. The van der Waals surface area contributed by atoms with Crippen LogP contribution in [0.5, 0.6) is 0 Å². The van der Waals surface area contributed by atoms with Crippen molar-refractivity contribution in [2.75, 3.05) is 19.6 Å². The number of carbonyl (C=O) groups excluding carboxylic acids is 1. The van der Waals surface area contributed by atoms with E-state index in [1.165, 1.54) is 25.9 Å². The maximum absolute atomic E-state index is 11.8. The summed E-state index contributed by atoms with van der Waals surface area (Å²) in [5.74, 6) is 0.699. The number of nitrogens with one attached hydrogen (secondary N) is 1. The number of hydrogen-bond acceptors (Lipinski definition) is 2. The van der Waals surface area contributed by atoms with Crippen LogP contribution in [-0.4, -0.2) is 36.5 Å². The average Bonchev–Trinajstić information content (AvgIpc) is 2.97. The van der Waals surface area contributed by atoms with Crippen molar-refractivity contribution < 1.29 is 4.79 Å². The number of rotatable bonds is 5. The maximum atomic E-state index is 11.8. The molecule has 1 heterocycles. The van der Waals surface area contributed by atoms with Crippen molar-refractivity contribution in [2.45, 2.75) is 45.1 Å². The Labute approximate surface area is 104 Å². The van der Waals surface area contributed by atoms with E-state index in [2.05, 4.69) is 29.3 Å². The van der Waals surface area contributed by atoms with Gasteiger partial charge < -0.3 is 5.32 Å². The molecule has 17 heavy (non-hydrogen) atoms. The molecule has 0 bridgehead atoms. The molecule has 3 nitrogen and oxygen atoms in total. The molecule has 1 aliphatic carbocycles. The van der Waals surface area contributed by atoms with Gasteiger partial charge in [0.05, 0.1) is 0 Å². The normalized spacial score (nSPS) is 26.3. The van der Waals surface area contributed by atoms with Crippen LogP contribution >= 0.6 is 0 Å². The van der Waals surface area contributed by atoms with Crippen LogP contribution in [0, 0.1) is 5.92 Å². The molecule has 1 amide bonds. The fourth-order valence-electron chi connectivity index (χ4n) is 2.75. The fourth-order valence-corrected chi connectivity index (χ4v) is 2.75. The van der Waals surface area contributed by atoms with Crippen LogP contribution in [0.1, 0.15) is 39.0 Å². The fraction of sp³-hybridized carbons (Fsp3) is 0.786. The third-order valence-corrected chi connectivity index (χ3v) is 3.92. The second kappa shape index (κ2) is 6.20. The van der Waals surface area contributed by atoms with Crippen molar-refractivity contribution in [1.82, 2.24) is 10.2 Å². The number of allylic oxidation sites excluding steroid dienone is 2. The molecule has 2 aliphatic rings. The first-order valence-corrected chi connectivity index (χ1v) is 6.93. The molecule has 0 aromatic carbocycles. The highest BCUT2D eigenvalue weighted by Crippen LogP contribution is 2.20. The third kappa shape index (κ3) is 3.84. The van der Waals surface area contributed by atoms with Gasteiger partial charge in [0.15, 0.2) is 0 Å². The van der Waals surface area contributed by atoms with Gasteiger partial charge in [-0.3, -0.25) is 9.69 Å². The Hall–Kier alpha value is -0.830. The van der Waals surface area contributed by atoms with Crippen molar-refractivity contribution in [1.29, 1.82) is 0 Å². The quantitative estimate of drug-likeness (QED) is 0.740. The van der Waals surface area contributed by atoms with Gasteiger partial charge in [0, 0.05) is 19.0 Å². The summed E-state index contributed by atoms with van der Waals surface area (Å²) in [7, 11) is 0. The van der Waals surface area contributed by atoms with E-state index < -0.39 is 0 Å². The molecule has 1 N–H and O–H groups in total. The van der Waals surface area contributed by atoms with E-state index in [1.807, 2.05) is 0 Å². The van der Waals surface area contributed by atoms with Crippen molar-refractivity contribution in [3.63, 3.8) is 0 Å². The Morgan fingerprint density at radius 2 is 2.24 bits per heavy atom. The number of likely N-dealkylation sites (tertiary alicyclic amines) is 1. The molecule has 1 fully saturated rings. The van der Waals surface area contributed by atoms with Gasteiger partial charge in [-0.1, -0.05) is 12.2 Å². The zero-order chi connectivity index (χ0) is 12.1. The lowest BCUT2D eigenvalue weighted by Crippen LogP contribution is -2.40. The van der Waals surface area contributed by atoms with E-state index in [4.69, 9.17) is 0 Å². The van der Waals surface area contributed by atoms with Crippen LogP contribution in [0.25, 0.3) is 0 Å². The summed E-state index contributed by atoms with van der Waals surface area (Å²) in [6.45, 7) is 5.40. The molecule has 2 rings (SSSR count). The van der Waals surface area contributed by atoms with E-state index in [1.54, 1.807) is 0 Å². The maximum Gasteiger partial charge on any atom is 0.220 e. The van der Waals surface area contributed by atoms with Gasteiger partial charge in [-0.05, 0) is 51.6 Å². The number of carbonyl (C=O) groups is 1. The van der Waals surface area contributed by atoms with Gasteiger partial charge in [-0.2, -0.15) is 0 Å². The highest BCUT2D eigenvalue weighted by molar-refractivity contribution is 5.76. The van der Waals surface area contributed by atoms with E-state index in [0.29, 0.717) is 18.4 Å². The number of nitrogens with zero attached hydrogens (tertiary/aromatic N) is 1. The van der Waals surface area contributed by atoms with E-state index in [0.717, 1.165) is 19.4 Å². The van der Waals surface area contributed by atoms with Crippen LogP contribution in [0.4, 0.5) is 0 Å². The number of hydrogen-bond donors (Lipinski definition) is 1. The van der Waals surface area contributed by atoms with Crippen LogP contribution in [-0.2, 0) is 4.79 Å². The molecule has 0 radical (unpaired) electrons. The summed E-state index contributed by atoms with van der Waals surface area (Å²) in [5.41, 5.74) is 0. The van der Waals surface area contributed by atoms with Crippen LogP contribution < -0.4 is 5.32 Å². The molecule has 3 heteroatoms. The summed E-state index contributed by atoms with van der Waals surface area (Å²) >= 11 is 0. The van der Waals surface area contributed by atoms with E-state index in [-0.39, 0.29) is 5.91 Å². The van der Waals surface area contributed by atoms with Gasteiger partial charge >= 0.3 is 0 Å². The van der Waals surface area contributed by atoms with Gasteiger partial charge in [0.1, 0.15) is 0 Å². The molecule has 0 unspecified atom stereocenters. The predicted molar refractivity (Wildman–Crippen MR) is 69.8 cm³/mol. The summed E-state index contributed by atoms with van der Waals surface area (Å²) < 4.78 is 0. The molecule has 2 atom stereocenters. The molecule has 1 saturated heterocycles. The first-order chi connectivity index (χ1) is 8.25. The minimum Gasteiger partial charge on any atom is -0.355 e. The lowest BCUT2D eigenvalue weighted by Gasteiger charge is -2.24. The Morgan fingerprint density at radius 1 is 1.47 bits per heavy atom. The van der Waals surface area contributed by atoms with E-state index in [9.17, 15) is 4.79 Å². The summed E-state index contributed by atoms with van der Waals surface area (Å²) in [5, 5.41) is 3.07. The molecular formula is C14H24N2O. The molecule has 96 valence electrons. The van der Waals surface area contributed by atoms with Gasteiger partial charge in [-0.25, -0.2) is 0 Å². The minimum atomic E-state index is 0.215. The first-order valence-electron chi connectivity index (χ1n) is 6.93. The highest BCUT2D eigenvalue weighted by atomic mass is 16.1. The van der Waals surface area contributed by atoms with Crippen molar-refractivity contribution in [2.24, 2.45) is 5.92 Å². The topological polar surface area (TPSA) is 32.3 Å². The van der Waals surface area contributed by atoms with Crippen LogP contribution in [0.15, 0.2) is 12.2 Å². The second-order valence-electron chi connectivity index (χ2n) is 5.37. The third-order valence-electron chi connectivity index (χ3n) is 3.92. The highest BCUT2D eigenvalue weighted by Gasteiger charge is 2.19. The minimum absolute atomic E-state index is 0.215. The van der Waals surface area contributed by atoms with Gasteiger partial charge in [0.2, 0.25) is 5.91 Å². The summed E-state index contributed by atoms with van der Waals surface area (Å²) in [6, 6.07) is 0.487. The Bertz CT molecular complexity index is 282. The lowest BCUT2D eigenvalue weighted by atomic mass is 10.1.